The number of aliphatic hydroxyl groups is 2. The van der Waals surface area contributed by atoms with Gasteiger partial charge in [0.1, 0.15) is 0 Å². The van der Waals surface area contributed by atoms with Crippen molar-refractivity contribution in [1.29, 1.82) is 0 Å². The minimum absolute atomic E-state index is 0.0145. The SMILES string of the molecule is C=NC(=O)C(O)(O)C(=O)N(O)c1ccc(Cl)c(Cl)c1. The Balaban J connectivity index is 3.09. The molecule has 1 rings (SSSR count). The largest absolute Gasteiger partial charge is 0.351 e. The van der Waals surface area contributed by atoms with Gasteiger partial charge in [0.25, 0.3) is 0 Å². The molecule has 3 N–H and O–H groups in total. The van der Waals surface area contributed by atoms with Crippen molar-refractivity contribution in [2.75, 3.05) is 5.06 Å². The highest BCUT2D eigenvalue weighted by molar-refractivity contribution is 6.42. The summed E-state index contributed by atoms with van der Waals surface area (Å²) in [7, 11) is 0. The second-order valence-corrected chi connectivity index (χ2v) is 4.17. The summed E-state index contributed by atoms with van der Waals surface area (Å²) in [5, 5.41) is 28.1. The normalized spacial score (nSPS) is 11.0. The van der Waals surface area contributed by atoms with Gasteiger partial charge in [0, 0.05) is 0 Å². The van der Waals surface area contributed by atoms with Gasteiger partial charge in [-0.3, -0.25) is 14.8 Å². The van der Waals surface area contributed by atoms with Gasteiger partial charge in [-0.05, 0) is 24.9 Å². The van der Waals surface area contributed by atoms with Crippen molar-refractivity contribution in [3.05, 3.63) is 28.2 Å². The highest BCUT2D eigenvalue weighted by atomic mass is 35.5. The van der Waals surface area contributed by atoms with Crippen LogP contribution in [0, 0.1) is 0 Å². The highest BCUT2D eigenvalue weighted by Gasteiger charge is 2.45. The first-order valence-corrected chi connectivity index (χ1v) is 5.41. The zero-order chi connectivity index (χ0) is 14.8. The maximum absolute atomic E-state index is 11.6. The first kappa shape index (κ1) is 15.5. The van der Waals surface area contributed by atoms with Crippen LogP contribution in [0.2, 0.25) is 10.0 Å². The predicted octanol–water partition coefficient (Wildman–Crippen LogP) is 0.624. The predicted molar refractivity (Wildman–Crippen MR) is 67.5 cm³/mol. The Labute approximate surface area is 117 Å². The Kier molecular flexibility index (Phi) is 4.61. The van der Waals surface area contributed by atoms with Crippen molar-refractivity contribution in [2.45, 2.75) is 5.79 Å². The topological polar surface area (TPSA) is 110 Å². The Bertz CT molecular complexity index is 547. The molecule has 0 fully saturated rings. The Hall–Kier alpha value is -1.51. The fourth-order valence-electron chi connectivity index (χ4n) is 1.08. The van der Waals surface area contributed by atoms with E-state index in [4.69, 9.17) is 23.2 Å². The summed E-state index contributed by atoms with van der Waals surface area (Å²) in [5.74, 6) is -6.89. The van der Waals surface area contributed by atoms with E-state index in [-0.39, 0.29) is 20.8 Å². The van der Waals surface area contributed by atoms with E-state index in [0.29, 0.717) is 0 Å². The third-order valence-electron chi connectivity index (χ3n) is 2.08. The van der Waals surface area contributed by atoms with Gasteiger partial charge in [0.05, 0.1) is 15.7 Å². The zero-order valence-electron chi connectivity index (χ0n) is 9.25. The van der Waals surface area contributed by atoms with Gasteiger partial charge in [-0.25, -0.2) is 4.99 Å². The summed E-state index contributed by atoms with van der Waals surface area (Å²) >= 11 is 11.3. The van der Waals surface area contributed by atoms with Crippen LogP contribution in [0.5, 0.6) is 0 Å². The summed E-state index contributed by atoms with van der Waals surface area (Å²) in [4.78, 5) is 25.2. The Morgan fingerprint density at radius 2 is 1.84 bits per heavy atom. The zero-order valence-corrected chi connectivity index (χ0v) is 10.8. The Morgan fingerprint density at radius 1 is 1.26 bits per heavy atom. The van der Waals surface area contributed by atoms with Crippen LogP contribution in [0.4, 0.5) is 5.69 Å². The molecule has 0 saturated carbocycles. The molecule has 1 aromatic rings. The number of nitrogens with zero attached hydrogens (tertiary/aromatic N) is 2. The molecule has 0 spiro atoms. The number of aliphatic imine (C=N–C) groups is 1. The van der Waals surface area contributed by atoms with Gasteiger partial charge in [-0.15, -0.1) is 0 Å². The third kappa shape index (κ3) is 3.09. The second-order valence-electron chi connectivity index (χ2n) is 3.35. The first-order valence-electron chi connectivity index (χ1n) is 4.66. The van der Waals surface area contributed by atoms with Crippen molar-refractivity contribution < 1.29 is 25.0 Å². The molecule has 19 heavy (non-hydrogen) atoms. The minimum atomic E-state index is -3.53. The van der Waals surface area contributed by atoms with Gasteiger partial charge in [0.15, 0.2) is 0 Å². The van der Waals surface area contributed by atoms with Crippen LogP contribution in [0.1, 0.15) is 0 Å². The van der Waals surface area contributed by atoms with Crippen LogP contribution in [-0.2, 0) is 9.59 Å². The summed E-state index contributed by atoms with van der Waals surface area (Å²) in [6.45, 7) is 2.76. The molecule has 0 aliphatic carbocycles. The molecule has 0 heterocycles. The van der Waals surface area contributed by atoms with Crippen LogP contribution >= 0.6 is 23.2 Å². The molecule has 102 valence electrons. The fourth-order valence-corrected chi connectivity index (χ4v) is 1.38. The van der Waals surface area contributed by atoms with Crippen molar-refractivity contribution in [2.24, 2.45) is 4.99 Å². The van der Waals surface area contributed by atoms with E-state index in [1.807, 2.05) is 0 Å². The van der Waals surface area contributed by atoms with E-state index in [1.54, 1.807) is 0 Å². The number of amides is 2. The van der Waals surface area contributed by atoms with Crippen LogP contribution in [0.25, 0.3) is 0 Å². The van der Waals surface area contributed by atoms with Crippen LogP contribution in [-0.4, -0.2) is 39.7 Å². The van der Waals surface area contributed by atoms with Gasteiger partial charge in [-0.2, -0.15) is 5.06 Å². The maximum Gasteiger partial charge on any atom is 0.331 e. The van der Waals surface area contributed by atoms with Gasteiger partial charge in [0.2, 0.25) is 0 Å². The molecule has 0 aliphatic rings. The molecule has 7 nitrogen and oxygen atoms in total. The van der Waals surface area contributed by atoms with E-state index >= 15 is 0 Å². The summed E-state index contributed by atoms with van der Waals surface area (Å²) in [6.07, 6.45) is 0. The lowest BCUT2D eigenvalue weighted by molar-refractivity contribution is -0.191. The molecule has 0 bridgehead atoms. The number of halogens is 2. The molecule has 2 amide bonds. The monoisotopic (exact) mass is 306 g/mol. The Morgan fingerprint density at radius 3 is 2.32 bits per heavy atom. The summed E-state index contributed by atoms with van der Waals surface area (Å²) in [5.41, 5.74) is -0.219. The van der Waals surface area contributed by atoms with E-state index in [1.165, 1.54) is 12.1 Å². The summed E-state index contributed by atoms with van der Waals surface area (Å²) in [6, 6.07) is 3.53. The number of hydrogen-bond acceptors (Lipinski definition) is 5. The second kappa shape index (κ2) is 5.64. The van der Waals surface area contributed by atoms with E-state index in [0.717, 1.165) is 6.07 Å². The lowest BCUT2D eigenvalue weighted by atomic mass is 10.2. The molecular weight excluding hydrogens is 299 g/mol. The van der Waals surface area contributed by atoms with E-state index < -0.39 is 17.6 Å². The van der Waals surface area contributed by atoms with Crippen LogP contribution in [0.15, 0.2) is 23.2 Å². The lowest BCUT2D eigenvalue weighted by Crippen LogP contribution is -2.53. The smallest absolute Gasteiger partial charge is 0.331 e. The molecule has 0 unspecified atom stereocenters. The number of benzene rings is 1. The number of rotatable bonds is 3. The average Bonchev–Trinajstić information content (AvgIpc) is 2.38. The molecule has 0 radical (unpaired) electrons. The molecule has 0 atom stereocenters. The molecule has 0 aliphatic heterocycles. The quantitative estimate of drug-likeness (QED) is 0.249. The highest BCUT2D eigenvalue weighted by Crippen LogP contribution is 2.27. The number of carbonyl (C=O) groups is 2. The molecule has 0 aromatic heterocycles. The van der Waals surface area contributed by atoms with Crippen LogP contribution < -0.4 is 5.06 Å². The van der Waals surface area contributed by atoms with Gasteiger partial charge >= 0.3 is 17.6 Å². The molecule has 9 heteroatoms. The standard InChI is InChI=1S/C10H8Cl2N2O5/c1-13-8(15)10(17,18)9(16)14(19)5-2-3-6(11)7(12)4-5/h2-4,17-19H,1H2. The first-order chi connectivity index (χ1) is 8.71. The average molecular weight is 307 g/mol. The maximum atomic E-state index is 11.6. The van der Waals surface area contributed by atoms with Crippen molar-refractivity contribution in [3.63, 3.8) is 0 Å². The van der Waals surface area contributed by atoms with E-state index in [9.17, 15) is 25.0 Å². The van der Waals surface area contributed by atoms with Gasteiger partial charge in [-0.1, -0.05) is 23.2 Å². The fraction of sp³-hybridized carbons (Fsp3) is 0.100. The van der Waals surface area contributed by atoms with Crippen molar-refractivity contribution in [1.82, 2.24) is 0 Å². The minimum Gasteiger partial charge on any atom is -0.351 e. The number of hydroxylamine groups is 1. The lowest BCUT2D eigenvalue weighted by Gasteiger charge is -2.22. The van der Waals surface area contributed by atoms with Crippen molar-refractivity contribution >= 4 is 47.4 Å². The molecule has 1 aromatic carbocycles. The molecular formula is C10H8Cl2N2O5. The number of hydrogen-bond donors (Lipinski definition) is 3. The third-order valence-corrected chi connectivity index (χ3v) is 2.82. The van der Waals surface area contributed by atoms with Crippen LogP contribution in [0.3, 0.4) is 0 Å². The summed E-state index contributed by atoms with van der Waals surface area (Å²) < 4.78 is 0. The van der Waals surface area contributed by atoms with Gasteiger partial charge < -0.3 is 10.2 Å². The van der Waals surface area contributed by atoms with Crippen molar-refractivity contribution in [3.8, 4) is 0 Å². The number of carbonyl (C=O) groups excluding carboxylic acids is 2. The molecule has 0 saturated heterocycles. The number of anilines is 1. The van der Waals surface area contributed by atoms with E-state index in [2.05, 4.69) is 11.7 Å².